The van der Waals surface area contributed by atoms with Crippen molar-refractivity contribution in [3.8, 4) is 0 Å². The number of hydrogen-bond donors (Lipinski definition) is 0. The molecule has 0 amide bonds. The van der Waals surface area contributed by atoms with Crippen molar-refractivity contribution in [1.82, 2.24) is 4.90 Å². The van der Waals surface area contributed by atoms with Gasteiger partial charge >= 0.3 is 0 Å². The Bertz CT molecular complexity index is 431. The molecule has 0 aromatic heterocycles. The van der Waals surface area contributed by atoms with Crippen molar-refractivity contribution in [1.29, 1.82) is 0 Å². The number of nitrogens with zero attached hydrogens (tertiary/aromatic N) is 1. The molecule has 0 N–H and O–H groups in total. The van der Waals surface area contributed by atoms with Crippen LogP contribution in [0.2, 0.25) is 0 Å². The third kappa shape index (κ3) is 21.7. The monoisotopic (exact) mass is 536 g/mol. The first-order chi connectivity index (χ1) is 18.3. The number of hydrogen-bond acceptors (Lipinski definition) is 1. The summed E-state index contributed by atoms with van der Waals surface area (Å²) < 4.78 is 0. The minimum atomic E-state index is 0.312. The highest BCUT2D eigenvalue weighted by molar-refractivity contribution is 4.92. The van der Waals surface area contributed by atoms with Crippen molar-refractivity contribution in [2.24, 2.45) is 0 Å². The molecule has 0 saturated carbocycles. The van der Waals surface area contributed by atoms with Gasteiger partial charge in [0.15, 0.2) is 0 Å². The van der Waals surface area contributed by atoms with Crippen molar-refractivity contribution in [2.75, 3.05) is 6.54 Å². The van der Waals surface area contributed by atoms with E-state index in [1.54, 1.807) is 0 Å². The van der Waals surface area contributed by atoms with Crippen molar-refractivity contribution in [3.05, 3.63) is 0 Å². The molecule has 230 valence electrons. The van der Waals surface area contributed by atoms with Gasteiger partial charge in [-0.1, -0.05) is 175 Å². The van der Waals surface area contributed by atoms with Gasteiger partial charge in [-0.3, -0.25) is 4.90 Å². The molecule has 0 fully saturated rings. The zero-order valence-electron chi connectivity index (χ0n) is 28.2. The summed E-state index contributed by atoms with van der Waals surface area (Å²) in [6.45, 7) is 18.5. The summed E-state index contributed by atoms with van der Waals surface area (Å²) in [5, 5.41) is 0. The highest BCUT2D eigenvalue weighted by atomic mass is 15.2. The van der Waals surface area contributed by atoms with E-state index < -0.39 is 0 Å². The Morgan fingerprint density at radius 1 is 0.316 bits per heavy atom. The van der Waals surface area contributed by atoms with Crippen LogP contribution in [0, 0.1) is 0 Å². The molecular formula is C37H77N. The molecule has 0 aliphatic carbocycles. The van der Waals surface area contributed by atoms with Crippen molar-refractivity contribution in [2.45, 2.75) is 233 Å². The molecule has 0 unspecified atom stereocenters. The van der Waals surface area contributed by atoms with E-state index in [1.165, 1.54) is 180 Å². The molecule has 0 saturated heterocycles. The third-order valence-electron chi connectivity index (χ3n) is 9.23. The molecular weight excluding hydrogens is 458 g/mol. The van der Waals surface area contributed by atoms with E-state index >= 15 is 0 Å². The second-order valence-corrected chi connectivity index (χ2v) is 14.1. The van der Waals surface area contributed by atoms with Crippen LogP contribution in [0.5, 0.6) is 0 Å². The Kier molecular flexibility index (Phi) is 25.9. The average Bonchev–Trinajstić information content (AvgIpc) is 2.88. The van der Waals surface area contributed by atoms with Gasteiger partial charge in [-0.2, -0.15) is 0 Å². The molecule has 0 aromatic carbocycles. The zero-order valence-corrected chi connectivity index (χ0v) is 28.2. The predicted octanol–water partition coefficient (Wildman–Crippen LogP) is 13.4. The summed E-state index contributed by atoms with van der Waals surface area (Å²) in [5.74, 6) is 0. The van der Waals surface area contributed by atoms with E-state index in [9.17, 15) is 0 Å². The van der Waals surface area contributed by atoms with E-state index in [0.717, 1.165) is 0 Å². The zero-order chi connectivity index (χ0) is 28.4. The van der Waals surface area contributed by atoms with E-state index in [-0.39, 0.29) is 0 Å². The van der Waals surface area contributed by atoms with Crippen LogP contribution in [0.4, 0.5) is 0 Å². The molecule has 0 spiro atoms. The van der Waals surface area contributed by atoms with Crippen molar-refractivity contribution < 1.29 is 0 Å². The Balaban J connectivity index is 4.59. The molecule has 0 rings (SSSR count). The lowest BCUT2D eigenvalue weighted by Gasteiger charge is -2.49. The average molecular weight is 536 g/mol. The van der Waals surface area contributed by atoms with Crippen LogP contribution in [0.25, 0.3) is 0 Å². The van der Waals surface area contributed by atoms with E-state index in [4.69, 9.17) is 0 Å². The smallest absolute Gasteiger partial charge is 0.0158 e. The van der Waals surface area contributed by atoms with E-state index in [2.05, 4.69) is 53.4 Å². The standard InChI is InChI=1S/C37H77N/c1-8-11-14-17-20-22-24-27-30-33-36(4,5)38(35-32-29-26-19-16-13-10-3)37(6,7)34-31-28-25-23-21-18-15-12-9-2/h8-35H2,1-7H3. The van der Waals surface area contributed by atoms with Gasteiger partial charge in [-0.05, 0) is 53.5 Å². The normalized spacial score (nSPS) is 12.6. The van der Waals surface area contributed by atoms with Crippen molar-refractivity contribution >= 4 is 0 Å². The summed E-state index contributed by atoms with van der Waals surface area (Å²) in [4.78, 5) is 2.96. The summed E-state index contributed by atoms with van der Waals surface area (Å²) in [6, 6.07) is 0. The minimum Gasteiger partial charge on any atom is -0.293 e. The molecule has 0 aliphatic heterocycles. The minimum absolute atomic E-state index is 0.312. The first-order valence-corrected chi connectivity index (χ1v) is 18.1. The number of rotatable bonds is 30. The van der Waals surface area contributed by atoms with Gasteiger partial charge in [0.05, 0.1) is 0 Å². The van der Waals surface area contributed by atoms with Crippen LogP contribution in [0.1, 0.15) is 222 Å². The molecule has 0 radical (unpaired) electrons. The predicted molar refractivity (Wildman–Crippen MR) is 177 cm³/mol. The molecule has 0 atom stereocenters. The lowest BCUT2D eigenvalue weighted by Crippen LogP contribution is -2.55. The Morgan fingerprint density at radius 2 is 0.553 bits per heavy atom. The molecule has 1 nitrogen and oxygen atoms in total. The van der Waals surface area contributed by atoms with Crippen LogP contribution in [-0.2, 0) is 0 Å². The lowest BCUT2D eigenvalue weighted by atomic mass is 9.85. The van der Waals surface area contributed by atoms with Gasteiger partial charge in [0, 0.05) is 11.1 Å². The van der Waals surface area contributed by atoms with Gasteiger partial charge < -0.3 is 0 Å². The summed E-state index contributed by atoms with van der Waals surface area (Å²) in [6.07, 6.45) is 38.4. The van der Waals surface area contributed by atoms with Crippen molar-refractivity contribution in [3.63, 3.8) is 0 Å². The number of unbranched alkanes of at least 4 members (excludes halogenated alkanes) is 22. The quantitative estimate of drug-likeness (QED) is 0.0826. The van der Waals surface area contributed by atoms with Crippen LogP contribution in [-0.4, -0.2) is 22.5 Å². The fraction of sp³-hybridized carbons (Fsp3) is 1.00. The molecule has 38 heavy (non-hydrogen) atoms. The highest BCUT2D eigenvalue weighted by Crippen LogP contribution is 2.34. The summed E-state index contributed by atoms with van der Waals surface area (Å²) >= 11 is 0. The molecule has 1 heteroatoms. The first kappa shape index (κ1) is 38.0. The van der Waals surface area contributed by atoms with E-state index in [0.29, 0.717) is 11.1 Å². The SMILES string of the molecule is CCCCCCCCCCCC(C)(C)N(CCCCCCCCC)C(C)(C)CCCCCCCCCCC. The topological polar surface area (TPSA) is 3.24 Å². The Hall–Kier alpha value is -0.0400. The van der Waals surface area contributed by atoms with Gasteiger partial charge in [0.2, 0.25) is 0 Å². The summed E-state index contributed by atoms with van der Waals surface area (Å²) in [7, 11) is 0. The van der Waals surface area contributed by atoms with Gasteiger partial charge in [-0.25, -0.2) is 0 Å². The fourth-order valence-corrected chi connectivity index (χ4v) is 6.66. The maximum absolute atomic E-state index is 2.96. The second-order valence-electron chi connectivity index (χ2n) is 14.1. The van der Waals surface area contributed by atoms with Crippen LogP contribution < -0.4 is 0 Å². The molecule has 0 aliphatic rings. The fourth-order valence-electron chi connectivity index (χ4n) is 6.66. The van der Waals surface area contributed by atoms with Crippen LogP contribution in [0.15, 0.2) is 0 Å². The Labute approximate surface area is 244 Å². The maximum Gasteiger partial charge on any atom is 0.0158 e. The van der Waals surface area contributed by atoms with Gasteiger partial charge in [0.1, 0.15) is 0 Å². The highest BCUT2D eigenvalue weighted by Gasteiger charge is 2.36. The molecule has 0 heterocycles. The van der Waals surface area contributed by atoms with Crippen LogP contribution in [0.3, 0.4) is 0 Å². The van der Waals surface area contributed by atoms with Crippen LogP contribution >= 0.6 is 0 Å². The Morgan fingerprint density at radius 3 is 0.842 bits per heavy atom. The summed E-state index contributed by atoms with van der Waals surface area (Å²) in [5.41, 5.74) is 0.623. The first-order valence-electron chi connectivity index (χ1n) is 18.1. The lowest BCUT2D eigenvalue weighted by molar-refractivity contribution is 0.00151. The van der Waals surface area contributed by atoms with E-state index in [1.807, 2.05) is 0 Å². The molecule has 0 aromatic rings. The van der Waals surface area contributed by atoms with Gasteiger partial charge in [0.25, 0.3) is 0 Å². The van der Waals surface area contributed by atoms with Gasteiger partial charge in [-0.15, -0.1) is 0 Å². The maximum atomic E-state index is 2.96. The largest absolute Gasteiger partial charge is 0.293 e. The molecule has 0 bridgehead atoms. The third-order valence-corrected chi connectivity index (χ3v) is 9.23. The second kappa shape index (κ2) is 25.9.